The number of benzene rings is 3. The zero-order valence-corrected chi connectivity index (χ0v) is 23.6. The number of urea groups is 1. The van der Waals surface area contributed by atoms with Crippen LogP contribution >= 0.6 is 28.1 Å². The third-order valence-electron chi connectivity index (χ3n) is 6.22. The van der Waals surface area contributed by atoms with Crippen molar-refractivity contribution in [1.29, 1.82) is 0 Å². The normalized spacial score (nSPS) is 12.7. The summed E-state index contributed by atoms with van der Waals surface area (Å²) >= 11 is 4.37. The summed E-state index contributed by atoms with van der Waals surface area (Å²) in [6.07, 6.45) is -1.70. The number of halogens is 4. The highest BCUT2D eigenvalue weighted by molar-refractivity contribution is 9.10. The summed E-state index contributed by atoms with van der Waals surface area (Å²) in [5.74, 6) is -0.298. The van der Waals surface area contributed by atoms with E-state index in [0.717, 1.165) is 67.9 Å². The molecule has 0 bridgehead atoms. The van der Waals surface area contributed by atoms with Crippen molar-refractivity contribution >= 4 is 46.0 Å². The number of carbonyl (C=O) groups is 1. The molecule has 206 valence electrons. The Kier molecular flexibility index (Phi) is 7.86. The van der Waals surface area contributed by atoms with Crippen molar-refractivity contribution in [1.82, 2.24) is 19.7 Å². The molecule has 40 heavy (non-hydrogen) atoms. The second kappa shape index (κ2) is 11.3. The zero-order valence-electron chi connectivity index (χ0n) is 21.2. The van der Waals surface area contributed by atoms with Crippen LogP contribution in [0.2, 0.25) is 0 Å². The molecule has 0 atom stereocenters. The third kappa shape index (κ3) is 6.31. The van der Waals surface area contributed by atoms with E-state index in [9.17, 15) is 18.0 Å². The molecule has 1 aromatic heterocycles. The number of aryl methyl sites for hydroxylation is 3. The van der Waals surface area contributed by atoms with Gasteiger partial charge in [0.2, 0.25) is 0 Å². The van der Waals surface area contributed by atoms with Gasteiger partial charge in [-0.05, 0) is 91.4 Å². The number of ether oxygens (including phenoxy) is 1. The van der Waals surface area contributed by atoms with Crippen LogP contribution in [0.3, 0.4) is 0 Å². The minimum Gasteiger partial charge on any atom is -0.406 e. The maximum absolute atomic E-state index is 12.5. The lowest BCUT2D eigenvalue weighted by molar-refractivity contribution is -0.274. The Hall–Kier alpha value is -3.84. The molecular weight excluding hydrogens is 609 g/mol. The van der Waals surface area contributed by atoms with Gasteiger partial charge in [0.15, 0.2) is 0 Å². The summed E-state index contributed by atoms with van der Waals surface area (Å²) in [6, 6.07) is 14.9. The molecule has 8 nitrogen and oxygen atoms in total. The number of carbonyl (C=O) groups excluding carboxylic acids is 1. The lowest BCUT2D eigenvalue weighted by Crippen LogP contribution is -2.23. The van der Waals surface area contributed by atoms with Crippen LogP contribution in [-0.2, 0) is 12.8 Å². The Morgan fingerprint density at radius 2 is 1.82 bits per heavy atom. The van der Waals surface area contributed by atoms with E-state index in [1.54, 1.807) is 10.9 Å². The second-order valence-corrected chi connectivity index (χ2v) is 10.6. The molecule has 0 aliphatic heterocycles. The molecule has 0 spiro atoms. The highest BCUT2D eigenvalue weighted by Crippen LogP contribution is 2.34. The molecule has 0 fully saturated rings. The van der Waals surface area contributed by atoms with Crippen LogP contribution < -0.4 is 14.8 Å². The average molecular weight is 631 g/mol. The quantitative estimate of drug-likeness (QED) is 0.175. The topological polar surface area (TPSA) is 93.4 Å². The van der Waals surface area contributed by atoms with Crippen molar-refractivity contribution < 1.29 is 22.7 Å². The van der Waals surface area contributed by atoms with Gasteiger partial charge in [-0.1, -0.05) is 33.3 Å². The molecule has 1 heterocycles. The van der Waals surface area contributed by atoms with Crippen molar-refractivity contribution in [2.45, 2.75) is 33.1 Å². The van der Waals surface area contributed by atoms with Gasteiger partial charge in [0.25, 0.3) is 0 Å². The highest BCUT2D eigenvalue weighted by atomic mass is 79.9. The van der Waals surface area contributed by atoms with Gasteiger partial charge in [-0.15, -0.1) is 18.3 Å². The van der Waals surface area contributed by atoms with Crippen molar-refractivity contribution in [2.24, 2.45) is 4.40 Å². The van der Waals surface area contributed by atoms with Crippen LogP contribution in [0.4, 0.5) is 23.7 Å². The van der Waals surface area contributed by atoms with Gasteiger partial charge in [0.05, 0.1) is 23.5 Å². The first-order valence-electron chi connectivity index (χ1n) is 12.0. The van der Waals surface area contributed by atoms with Gasteiger partial charge in [0.1, 0.15) is 11.4 Å². The summed E-state index contributed by atoms with van der Waals surface area (Å²) in [6.45, 7) is 3.85. The molecule has 0 unspecified atom stereocenters. The molecule has 2 N–H and O–H groups in total. The number of rotatable bonds is 6. The highest BCUT2D eigenvalue weighted by Gasteiger charge is 2.31. The smallest absolute Gasteiger partial charge is 0.406 e. The number of amides is 2. The van der Waals surface area contributed by atoms with E-state index in [1.165, 1.54) is 24.3 Å². The fourth-order valence-corrected chi connectivity index (χ4v) is 5.57. The number of anilines is 1. The molecule has 0 saturated carbocycles. The molecule has 1 aliphatic carbocycles. The number of nitrogens with zero attached hydrogens (tertiary/aromatic N) is 4. The first-order valence-corrected chi connectivity index (χ1v) is 13.6. The minimum atomic E-state index is -4.75. The van der Waals surface area contributed by atoms with Crippen molar-refractivity contribution in [2.75, 3.05) is 5.32 Å². The van der Waals surface area contributed by atoms with Crippen LogP contribution in [0.25, 0.3) is 16.9 Å². The van der Waals surface area contributed by atoms with Crippen molar-refractivity contribution in [3.63, 3.8) is 0 Å². The maximum atomic E-state index is 12.5. The maximum Gasteiger partial charge on any atom is 0.573 e. The Morgan fingerprint density at radius 3 is 2.52 bits per heavy atom. The fourth-order valence-electron chi connectivity index (χ4n) is 4.52. The molecule has 2 amide bonds. The zero-order chi connectivity index (χ0) is 28.4. The molecular formula is C27H22BrF3N6O2S. The van der Waals surface area contributed by atoms with Crippen LogP contribution in [-0.4, -0.2) is 33.6 Å². The molecule has 4 aromatic rings. The van der Waals surface area contributed by atoms with Crippen LogP contribution in [0.5, 0.6) is 5.75 Å². The first kappa shape index (κ1) is 27.7. The summed E-state index contributed by atoms with van der Waals surface area (Å²) in [5.41, 5.74) is 7.72. The molecule has 3 aromatic carbocycles. The van der Waals surface area contributed by atoms with Crippen LogP contribution in [0, 0.1) is 13.8 Å². The summed E-state index contributed by atoms with van der Waals surface area (Å²) in [5, 5.41) is 11.4. The Balaban J connectivity index is 1.22. The number of alkyl halides is 3. The largest absolute Gasteiger partial charge is 0.573 e. The molecule has 0 saturated heterocycles. The summed E-state index contributed by atoms with van der Waals surface area (Å²) in [7, 11) is 0. The van der Waals surface area contributed by atoms with E-state index in [1.807, 2.05) is 44.2 Å². The Morgan fingerprint density at radius 1 is 1.10 bits per heavy atom. The van der Waals surface area contributed by atoms with Crippen LogP contribution in [0.15, 0.2) is 63.5 Å². The van der Waals surface area contributed by atoms with Gasteiger partial charge < -0.3 is 10.1 Å². The Bertz CT molecular complexity index is 1580. The van der Waals surface area contributed by atoms with Gasteiger partial charge in [-0.2, -0.15) is 0 Å². The van der Waals surface area contributed by atoms with E-state index >= 15 is 0 Å². The summed E-state index contributed by atoms with van der Waals surface area (Å²) in [4.78, 5) is 12.3. The SMILES string of the molecule is Cc1cc(Br)cc(C)c1NC(=O)NS/N=C/c1ccc2c(c1)CCc1c-2nnn1-c1ccc(OC(F)(F)F)cc1. The summed E-state index contributed by atoms with van der Waals surface area (Å²) < 4.78 is 50.8. The molecule has 1 aliphatic rings. The number of nitrogens with one attached hydrogen (secondary N) is 2. The lowest BCUT2D eigenvalue weighted by Gasteiger charge is -2.17. The molecule has 5 rings (SSSR count). The number of hydrogen-bond donors (Lipinski definition) is 2. The standard InChI is InChI=1S/C27H22BrF3N6O2S/c1-15-11-19(28)12-16(2)24(15)33-26(38)35-40-32-14-17-3-9-22-18(13-17)4-10-23-25(22)34-36-37(23)20-5-7-21(8-6-20)39-27(29,30)31/h3,5-9,11-14H,4,10H2,1-2H3,(H2,33,35,38)/b32-14+. The third-order valence-corrected chi connectivity index (χ3v) is 7.17. The van der Waals surface area contributed by atoms with E-state index in [4.69, 9.17) is 0 Å². The monoisotopic (exact) mass is 630 g/mol. The predicted octanol–water partition coefficient (Wildman–Crippen LogP) is 7.11. The van der Waals surface area contributed by atoms with Gasteiger partial charge in [-0.3, -0.25) is 4.72 Å². The van der Waals surface area contributed by atoms with E-state index in [0.29, 0.717) is 12.1 Å². The van der Waals surface area contributed by atoms with Crippen LogP contribution in [0.1, 0.15) is 27.9 Å². The van der Waals surface area contributed by atoms with E-state index in [2.05, 4.69) is 45.4 Å². The average Bonchev–Trinajstić information content (AvgIpc) is 3.33. The van der Waals surface area contributed by atoms with E-state index < -0.39 is 6.36 Å². The predicted molar refractivity (Wildman–Crippen MR) is 152 cm³/mol. The van der Waals surface area contributed by atoms with Crippen molar-refractivity contribution in [3.8, 4) is 22.7 Å². The van der Waals surface area contributed by atoms with Crippen molar-refractivity contribution in [3.05, 3.63) is 87.0 Å². The van der Waals surface area contributed by atoms with Gasteiger partial charge in [-0.25, -0.2) is 13.9 Å². The number of hydrogen-bond acceptors (Lipinski definition) is 6. The minimum absolute atomic E-state index is 0.298. The second-order valence-electron chi connectivity index (χ2n) is 9.05. The molecule has 13 heteroatoms. The number of aromatic nitrogens is 3. The van der Waals surface area contributed by atoms with Gasteiger partial charge in [0, 0.05) is 21.9 Å². The first-order chi connectivity index (χ1) is 19.1. The molecule has 0 radical (unpaired) electrons. The lowest BCUT2D eigenvalue weighted by atomic mass is 9.91. The van der Waals surface area contributed by atoms with Gasteiger partial charge >= 0.3 is 12.4 Å². The number of fused-ring (bicyclic) bond motifs is 3. The fraction of sp³-hybridized carbons (Fsp3) is 0.185. The van der Waals surface area contributed by atoms with E-state index in [-0.39, 0.29) is 11.8 Å². The Labute approximate surface area is 240 Å².